The van der Waals surface area contributed by atoms with Crippen molar-refractivity contribution in [2.24, 2.45) is 5.41 Å². The summed E-state index contributed by atoms with van der Waals surface area (Å²) in [6, 6.07) is 6.95. The Labute approximate surface area is 126 Å². The van der Waals surface area contributed by atoms with Crippen LogP contribution in [0.1, 0.15) is 20.3 Å². The van der Waals surface area contributed by atoms with Gasteiger partial charge in [-0.3, -0.25) is 9.59 Å². The zero-order valence-corrected chi connectivity index (χ0v) is 13.2. The first-order valence-corrected chi connectivity index (χ1v) is 7.09. The summed E-state index contributed by atoms with van der Waals surface area (Å²) in [5, 5.41) is 14.0. The van der Waals surface area contributed by atoms with Crippen LogP contribution in [-0.4, -0.2) is 30.1 Å². The highest BCUT2D eigenvalue weighted by molar-refractivity contribution is 9.10. The highest BCUT2D eigenvalue weighted by Gasteiger charge is 2.20. The maximum absolute atomic E-state index is 11.7. The third-order valence-corrected chi connectivity index (χ3v) is 3.35. The fourth-order valence-corrected chi connectivity index (χ4v) is 1.78. The lowest BCUT2D eigenvalue weighted by atomic mass is 9.90. The Morgan fingerprint density at radius 3 is 2.35 bits per heavy atom. The van der Waals surface area contributed by atoms with E-state index in [1.165, 1.54) is 0 Å². The molecular weight excluding hydrogens is 324 g/mol. The molecule has 0 saturated carbocycles. The van der Waals surface area contributed by atoms with Crippen LogP contribution in [0.4, 0.5) is 5.69 Å². The van der Waals surface area contributed by atoms with E-state index < -0.39 is 11.8 Å². The molecule has 3 N–H and O–H groups in total. The average Bonchev–Trinajstić information content (AvgIpc) is 2.38. The summed E-state index contributed by atoms with van der Waals surface area (Å²) in [5.41, 5.74) is 0.311. The van der Waals surface area contributed by atoms with Gasteiger partial charge in [0.15, 0.2) is 0 Å². The summed E-state index contributed by atoms with van der Waals surface area (Å²) < 4.78 is 0.894. The molecule has 0 bridgehead atoms. The first-order chi connectivity index (χ1) is 9.34. The number of aliphatic hydroxyl groups is 1. The molecule has 0 atom stereocenters. The minimum Gasteiger partial charge on any atom is -0.396 e. The summed E-state index contributed by atoms with van der Waals surface area (Å²) in [7, 11) is 0. The van der Waals surface area contributed by atoms with Gasteiger partial charge in [-0.25, -0.2) is 0 Å². The standard InChI is InChI=1S/C14H19BrN2O3/c1-14(2,7-8-18)9-16-12(19)13(20)17-11-5-3-10(15)4-6-11/h3-6,18H,7-9H2,1-2H3,(H,16,19)(H,17,20). The number of amides is 2. The molecule has 0 aliphatic rings. The Balaban J connectivity index is 2.47. The van der Waals surface area contributed by atoms with E-state index in [0.29, 0.717) is 18.7 Å². The van der Waals surface area contributed by atoms with Crippen LogP contribution in [0.25, 0.3) is 0 Å². The van der Waals surface area contributed by atoms with E-state index in [2.05, 4.69) is 26.6 Å². The Morgan fingerprint density at radius 1 is 1.20 bits per heavy atom. The van der Waals surface area contributed by atoms with E-state index >= 15 is 0 Å². The van der Waals surface area contributed by atoms with Crippen LogP contribution in [0.3, 0.4) is 0 Å². The van der Waals surface area contributed by atoms with E-state index in [1.807, 2.05) is 13.8 Å². The number of halogens is 1. The zero-order valence-electron chi connectivity index (χ0n) is 11.6. The van der Waals surface area contributed by atoms with Gasteiger partial charge in [0, 0.05) is 23.3 Å². The topological polar surface area (TPSA) is 78.4 Å². The van der Waals surface area contributed by atoms with Crippen LogP contribution in [0.15, 0.2) is 28.7 Å². The van der Waals surface area contributed by atoms with Crippen molar-refractivity contribution >= 4 is 33.4 Å². The molecule has 20 heavy (non-hydrogen) atoms. The van der Waals surface area contributed by atoms with Crippen molar-refractivity contribution in [3.8, 4) is 0 Å². The number of aliphatic hydroxyl groups excluding tert-OH is 1. The van der Waals surface area contributed by atoms with E-state index in [0.717, 1.165) is 4.47 Å². The van der Waals surface area contributed by atoms with Gasteiger partial charge in [-0.1, -0.05) is 29.8 Å². The van der Waals surface area contributed by atoms with Gasteiger partial charge in [-0.15, -0.1) is 0 Å². The van der Waals surface area contributed by atoms with Crippen molar-refractivity contribution in [3.05, 3.63) is 28.7 Å². The Morgan fingerprint density at radius 2 is 1.80 bits per heavy atom. The summed E-state index contributed by atoms with van der Waals surface area (Å²) in [4.78, 5) is 23.4. The van der Waals surface area contributed by atoms with Gasteiger partial charge >= 0.3 is 11.8 Å². The molecule has 2 amide bonds. The normalized spacial score (nSPS) is 11.0. The third kappa shape index (κ3) is 5.71. The van der Waals surface area contributed by atoms with E-state index in [4.69, 9.17) is 5.11 Å². The molecule has 0 spiro atoms. The van der Waals surface area contributed by atoms with E-state index in [1.54, 1.807) is 24.3 Å². The number of anilines is 1. The fourth-order valence-electron chi connectivity index (χ4n) is 1.51. The molecule has 1 aromatic rings. The number of hydrogen-bond acceptors (Lipinski definition) is 3. The largest absolute Gasteiger partial charge is 0.396 e. The van der Waals surface area contributed by atoms with Gasteiger partial charge in [0.25, 0.3) is 0 Å². The fraction of sp³-hybridized carbons (Fsp3) is 0.429. The quantitative estimate of drug-likeness (QED) is 0.715. The number of benzene rings is 1. The van der Waals surface area contributed by atoms with Gasteiger partial charge in [0.1, 0.15) is 0 Å². The minimum absolute atomic E-state index is 0.0496. The maximum Gasteiger partial charge on any atom is 0.313 e. The molecular formula is C14H19BrN2O3. The first-order valence-electron chi connectivity index (χ1n) is 6.30. The smallest absolute Gasteiger partial charge is 0.313 e. The predicted octanol–water partition coefficient (Wildman–Crippen LogP) is 1.91. The summed E-state index contributed by atoms with van der Waals surface area (Å²) in [6.45, 7) is 4.21. The molecule has 0 aromatic heterocycles. The summed E-state index contributed by atoms with van der Waals surface area (Å²) >= 11 is 3.29. The second kappa shape index (κ2) is 7.40. The molecule has 5 nitrogen and oxygen atoms in total. The Bertz CT molecular complexity index is 472. The molecule has 0 radical (unpaired) electrons. The lowest BCUT2D eigenvalue weighted by molar-refractivity contribution is -0.136. The lowest BCUT2D eigenvalue weighted by Crippen LogP contribution is -2.40. The van der Waals surface area contributed by atoms with Crippen LogP contribution in [0.5, 0.6) is 0 Å². The molecule has 0 heterocycles. The number of rotatable bonds is 5. The van der Waals surface area contributed by atoms with Crippen LogP contribution < -0.4 is 10.6 Å². The maximum atomic E-state index is 11.7. The molecule has 6 heteroatoms. The first kappa shape index (κ1) is 16.7. The zero-order chi connectivity index (χ0) is 15.2. The molecule has 1 aromatic carbocycles. The lowest BCUT2D eigenvalue weighted by Gasteiger charge is -2.23. The van der Waals surface area contributed by atoms with Crippen molar-refractivity contribution in [1.82, 2.24) is 5.32 Å². The third-order valence-electron chi connectivity index (χ3n) is 2.82. The SMILES string of the molecule is CC(C)(CCO)CNC(=O)C(=O)Nc1ccc(Br)cc1. The van der Waals surface area contributed by atoms with Gasteiger partial charge < -0.3 is 15.7 Å². The summed E-state index contributed by atoms with van der Waals surface area (Å²) in [5.74, 6) is -1.38. The van der Waals surface area contributed by atoms with E-state index in [9.17, 15) is 9.59 Å². The second-order valence-corrected chi connectivity index (χ2v) is 6.20. The van der Waals surface area contributed by atoms with Gasteiger partial charge in [0.2, 0.25) is 0 Å². The molecule has 0 saturated heterocycles. The van der Waals surface area contributed by atoms with Gasteiger partial charge in [0.05, 0.1) is 0 Å². The molecule has 110 valence electrons. The Hall–Kier alpha value is -1.40. The highest BCUT2D eigenvalue weighted by atomic mass is 79.9. The van der Waals surface area contributed by atoms with Crippen molar-refractivity contribution in [1.29, 1.82) is 0 Å². The molecule has 0 fully saturated rings. The predicted molar refractivity (Wildman–Crippen MR) is 81.3 cm³/mol. The van der Waals surface area contributed by atoms with E-state index in [-0.39, 0.29) is 12.0 Å². The number of hydrogen-bond donors (Lipinski definition) is 3. The van der Waals surface area contributed by atoms with Crippen LogP contribution in [0.2, 0.25) is 0 Å². The second-order valence-electron chi connectivity index (χ2n) is 5.28. The highest BCUT2D eigenvalue weighted by Crippen LogP contribution is 2.18. The van der Waals surface area contributed by atoms with Crippen LogP contribution in [0, 0.1) is 5.41 Å². The molecule has 0 aliphatic carbocycles. The van der Waals surface area contributed by atoms with Gasteiger partial charge in [-0.2, -0.15) is 0 Å². The van der Waals surface area contributed by atoms with Crippen molar-refractivity contribution in [2.75, 3.05) is 18.5 Å². The number of nitrogens with one attached hydrogen (secondary N) is 2. The monoisotopic (exact) mass is 342 g/mol. The molecule has 1 rings (SSSR count). The van der Waals surface area contributed by atoms with Crippen molar-refractivity contribution in [2.45, 2.75) is 20.3 Å². The summed E-state index contributed by atoms with van der Waals surface area (Å²) in [6.07, 6.45) is 0.557. The average molecular weight is 343 g/mol. The Kier molecular flexibility index (Phi) is 6.16. The number of carbonyl (C=O) groups is 2. The van der Waals surface area contributed by atoms with Crippen LogP contribution >= 0.6 is 15.9 Å². The van der Waals surface area contributed by atoms with Crippen molar-refractivity contribution in [3.63, 3.8) is 0 Å². The minimum atomic E-state index is -0.702. The number of carbonyl (C=O) groups excluding carboxylic acids is 2. The molecule has 0 aliphatic heterocycles. The van der Waals surface area contributed by atoms with Gasteiger partial charge in [-0.05, 0) is 36.1 Å². The van der Waals surface area contributed by atoms with Crippen LogP contribution in [-0.2, 0) is 9.59 Å². The van der Waals surface area contributed by atoms with Crippen molar-refractivity contribution < 1.29 is 14.7 Å². The molecule has 0 unspecified atom stereocenters.